The van der Waals surface area contributed by atoms with Crippen LogP contribution in [0.1, 0.15) is 31.2 Å². The third kappa shape index (κ3) is 4.82. The Hall–Kier alpha value is -1.02. The fraction of sp³-hybridized carbons (Fsp3) is 0.667. The Balaban J connectivity index is 2.48. The third-order valence-corrected chi connectivity index (χ3v) is 3.63. The van der Waals surface area contributed by atoms with E-state index in [1.165, 1.54) is 4.68 Å². The van der Waals surface area contributed by atoms with Gasteiger partial charge in [-0.15, -0.1) is 0 Å². The summed E-state index contributed by atoms with van der Waals surface area (Å²) >= 11 is 3.06. The van der Waals surface area contributed by atoms with E-state index in [2.05, 4.69) is 26.3 Å². The van der Waals surface area contributed by atoms with Gasteiger partial charge in [0.25, 0.3) is 6.43 Å². The minimum Gasteiger partial charge on any atom is -0.382 e. The summed E-state index contributed by atoms with van der Waals surface area (Å²) < 4.78 is 32.0. The van der Waals surface area contributed by atoms with Crippen molar-refractivity contribution in [2.45, 2.75) is 33.2 Å². The first-order valence-corrected chi connectivity index (χ1v) is 7.12. The van der Waals surface area contributed by atoms with Crippen molar-refractivity contribution in [2.24, 2.45) is 0 Å². The van der Waals surface area contributed by atoms with Crippen LogP contribution in [0.5, 0.6) is 0 Å². The van der Waals surface area contributed by atoms with Gasteiger partial charge in [0, 0.05) is 19.8 Å². The molecule has 1 amide bonds. The van der Waals surface area contributed by atoms with Gasteiger partial charge in [0.2, 0.25) is 5.91 Å². The predicted molar refractivity (Wildman–Crippen MR) is 73.7 cm³/mol. The van der Waals surface area contributed by atoms with E-state index < -0.39 is 6.43 Å². The molecule has 0 bridgehead atoms. The smallest absolute Gasteiger partial charge is 0.283 e. The van der Waals surface area contributed by atoms with E-state index in [0.29, 0.717) is 31.9 Å². The number of nitrogens with zero attached hydrogens (tertiary/aromatic N) is 2. The van der Waals surface area contributed by atoms with Crippen molar-refractivity contribution in [3.63, 3.8) is 0 Å². The van der Waals surface area contributed by atoms with E-state index in [1.807, 2.05) is 6.92 Å². The highest BCUT2D eigenvalue weighted by Gasteiger charge is 2.20. The van der Waals surface area contributed by atoms with Gasteiger partial charge in [0.15, 0.2) is 0 Å². The number of rotatable bonds is 8. The minimum absolute atomic E-state index is 0.0776. The van der Waals surface area contributed by atoms with Crippen molar-refractivity contribution in [1.29, 1.82) is 0 Å². The van der Waals surface area contributed by atoms with Gasteiger partial charge in [-0.05, 0) is 36.2 Å². The first-order valence-electron chi connectivity index (χ1n) is 6.32. The molecule has 1 rings (SSSR count). The fourth-order valence-corrected chi connectivity index (χ4v) is 2.04. The first kappa shape index (κ1) is 17.0. The summed E-state index contributed by atoms with van der Waals surface area (Å²) in [6.07, 6.45) is -1.96. The predicted octanol–water partition coefficient (Wildman–Crippen LogP) is 2.43. The van der Waals surface area contributed by atoms with Crippen LogP contribution < -0.4 is 5.32 Å². The van der Waals surface area contributed by atoms with Crippen LogP contribution >= 0.6 is 15.9 Å². The molecule has 1 aromatic rings. The Morgan fingerprint density at radius 1 is 1.55 bits per heavy atom. The monoisotopic (exact) mass is 353 g/mol. The lowest BCUT2D eigenvalue weighted by molar-refractivity contribution is -0.121. The van der Waals surface area contributed by atoms with E-state index in [9.17, 15) is 13.6 Å². The highest BCUT2D eigenvalue weighted by Crippen LogP contribution is 2.28. The Morgan fingerprint density at radius 3 is 2.80 bits per heavy atom. The molecule has 0 radical (unpaired) electrons. The van der Waals surface area contributed by atoms with Crippen molar-refractivity contribution in [3.8, 4) is 0 Å². The van der Waals surface area contributed by atoms with Crippen LogP contribution in [0.2, 0.25) is 0 Å². The molecule has 0 unspecified atom stereocenters. The Labute approximate surface area is 124 Å². The molecule has 0 aliphatic carbocycles. The van der Waals surface area contributed by atoms with Gasteiger partial charge in [0.1, 0.15) is 12.2 Å². The highest BCUT2D eigenvalue weighted by atomic mass is 79.9. The molecular weight excluding hydrogens is 336 g/mol. The zero-order chi connectivity index (χ0) is 15.1. The molecule has 0 aromatic carbocycles. The first-order chi connectivity index (χ1) is 9.47. The van der Waals surface area contributed by atoms with Crippen molar-refractivity contribution < 1.29 is 18.3 Å². The van der Waals surface area contributed by atoms with Crippen molar-refractivity contribution in [2.75, 3.05) is 19.8 Å². The summed E-state index contributed by atoms with van der Waals surface area (Å²) in [6.45, 7) is 5.17. The van der Waals surface area contributed by atoms with E-state index in [0.717, 1.165) is 0 Å². The number of carbonyl (C=O) groups excluding carboxylic acids is 1. The summed E-state index contributed by atoms with van der Waals surface area (Å²) in [7, 11) is 0. The average molecular weight is 354 g/mol. The summed E-state index contributed by atoms with van der Waals surface area (Å²) in [6, 6.07) is 0. The van der Waals surface area contributed by atoms with E-state index in [4.69, 9.17) is 4.74 Å². The van der Waals surface area contributed by atoms with Crippen LogP contribution in [0, 0.1) is 6.92 Å². The number of aromatic nitrogens is 2. The molecule has 0 fully saturated rings. The van der Waals surface area contributed by atoms with Crippen molar-refractivity contribution >= 4 is 21.8 Å². The van der Waals surface area contributed by atoms with Crippen LogP contribution in [-0.2, 0) is 16.1 Å². The molecule has 1 N–H and O–H groups in total. The summed E-state index contributed by atoms with van der Waals surface area (Å²) in [5, 5.41) is 6.43. The molecular formula is C12H18BrF2N3O2. The Morgan fingerprint density at radius 2 is 2.25 bits per heavy atom. The number of alkyl halides is 2. The highest BCUT2D eigenvalue weighted by molar-refractivity contribution is 9.10. The Bertz CT molecular complexity index is 452. The number of ether oxygens (including phenoxy) is 1. The van der Waals surface area contributed by atoms with Crippen LogP contribution in [0.15, 0.2) is 4.47 Å². The maximum Gasteiger partial charge on any atom is 0.283 e. The third-order valence-electron chi connectivity index (χ3n) is 2.65. The second kappa shape index (κ2) is 8.31. The molecule has 0 saturated carbocycles. The average Bonchev–Trinajstić information content (AvgIpc) is 2.67. The second-order valence-corrected chi connectivity index (χ2v) is 4.94. The molecule has 8 heteroatoms. The van der Waals surface area contributed by atoms with Gasteiger partial charge in [0.05, 0.1) is 10.2 Å². The Kier molecular flexibility index (Phi) is 7.08. The van der Waals surface area contributed by atoms with E-state index in [1.54, 1.807) is 6.92 Å². The number of hydrogen-bond acceptors (Lipinski definition) is 3. The van der Waals surface area contributed by atoms with Gasteiger partial charge in [-0.2, -0.15) is 5.10 Å². The second-order valence-electron chi connectivity index (χ2n) is 4.14. The van der Waals surface area contributed by atoms with Crippen molar-refractivity contribution in [3.05, 3.63) is 15.9 Å². The normalized spacial score (nSPS) is 11.1. The lowest BCUT2D eigenvalue weighted by Crippen LogP contribution is -2.29. The number of halogens is 3. The number of carbonyl (C=O) groups is 1. The molecule has 0 atom stereocenters. The molecule has 0 aliphatic heterocycles. The number of nitrogens with one attached hydrogen (secondary N) is 1. The molecule has 0 saturated heterocycles. The van der Waals surface area contributed by atoms with Crippen LogP contribution in [-0.4, -0.2) is 35.4 Å². The maximum atomic E-state index is 12.7. The number of hydrogen-bond donors (Lipinski definition) is 1. The van der Waals surface area contributed by atoms with E-state index >= 15 is 0 Å². The van der Waals surface area contributed by atoms with Gasteiger partial charge >= 0.3 is 0 Å². The van der Waals surface area contributed by atoms with Crippen LogP contribution in [0.3, 0.4) is 0 Å². The molecule has 1 heterocycles. The van der Waals surface area contributed by atoms with Gasteiger partial charge < -0.3 is 10.1 Å². The van der Waals surface area contributed by atoms with Crippen molar-refractivity contribution in [1.82, 2.24) is 15.1 Å². The van der Waals surface area contributed by atoms with Crippen LogP contribution in [0.25, 0.3) is 0 Å². The van der Waals surface area contributed by atoms with E-state index in [-0.39, 0.29) is 22.6 Å². The summed E-state index contributed by atoms with van der Waals surface area (Å²) in [4.78, 5) is 11.7. The van der Waals surface area contributed by atoms with Gasteiger partial charge in [-0.3, -0.25) is 9.48 Å². The largest absolute Gasteiger partial charge is 0.382 e. The van der Waals surface area contributed by atoms with Gasteiger partial charge in [-0.25, -0.2) is 8.78 Å². The maximum absolute atomic E-state index is 12.7. The zero-order valence-corrected chi connectivity index (χ0v) is 13.0. The summed E-state index contributed by atoms with van der Waals surface area (Å²) in [5.41, 5.74) is 0.163. The fourth-order valence-electron chi connectivity index (χ4n) is 1.58. The minimum atomic E-state index is -2.67. The SMILES string of the molecule is CCOCCCNC(=O)Cn1nc(C(F)F)c(Br)c1C. The quantitative estimate of drug-likeness (QED) is 0.730. The molecule has 0 aliphatic rings. The molecule has 0 spiro atoms. The molecule has 1 aromatic heterocycles. The topological polar surface area (TPSA) is 56.1 Å². The molecule has 114 valence electrons. The molecule has 5 nitrogen and oxygen atoms in total. The standard InChI is InChI=1S/C12H18BrF2N3O2/c1-3-20-6-4-5-16-9(19)7-18-8(2)10(13)11(17-18)12(14)15/h12H,3-7H2,1-2H3,(H,16,19). The lowest BCUT2D eigenvalue weighted by Gasteiger charge is -2.06. The van der Waals surface area contributed by atoms with Gasteiger partial charge in [-0.1, -0.05) is 0 Å². The molecule has 20 heavy (non-hydrogen) atoms. The lowest BCUT2D eigenvalue weighted by atomic mass is 10.4. The zero-order valence-electron chi connectivity index (χ0n) is 11.5. The van der Waals surface area contributed by atoms with Crippen LogP contribution in [0.4, 0.5) is 8.78 Å². The number of amides is 1. The summed E-state index contributed by atoms with van der Waals surface area (Å²) in [5.74, 6) is -0.264.